The van der Waals surface area contributed by atoms with Gasteiger partial charge in [-0.2, -0.15) is 0 Å². The third kappa shape index (κ3) is 2.30. The third-order valence-electron chi connectivity index (χ3n) is 2.49. The predicted octanol–water partition coefficient (Wildman–Crippen LogP) is 4.11. The van der Waals surface area contributed by atoms with Gasteiger partial charge in [-0.25, -0.2) is 4.98 Å². The summed E-state index contributed by atoms with van der Waals surface area (Å²) in [6, 6.07) is 8.12. The molecule has 1 aliphatic rings. The van der Waals surface area contributed by atoms with E-state index in [1.807, 2.05) is 35.3 Å². The highest BCUT2D eigenvalue weighted by molar-refractivity contribution is 7.99. The van der Waals surface area contributed by atoms with E-state index in [2.05, 4.69) is 11.1 Å². The molecule has 1 aromatic carbocycles. The highest BCUT2D eigenvalue weighted by Crippen LogP contribution is 2.40. The van der Waals surface area contributed by atoms with Gasteiger partial charge in [-0.05, 0) is 12.1 Å². The second kappa shape index (κ2) is 4.88. The van der Waals surface area contributed by atoms with E-state index in [-0.39, 0.29) is 6.10 Å². The van der Waals surface area contributed by atoms with E-state index < -0.39 is 0 Å². The number of benzene rings is 1. The van der Waals surface area contributed by atoms with Crippen molar-refractivity contribution in [3.63, 3.8) is 0 Å². The molecular weight excluding hydrogens is 274 g/mol. The normalized spacial score (nSPS) is 18.5. The van der Waals surface area contributed by atoms with Crippen LogP contribution in [-0.4, -0.2) is 10.7 Å². The van der Waals surface area contributed by atoms with Crippen molar-refractivity contribution in [1.29, 1.82) is 0 Å². The minimum Gasteiger partial charge on any atom is -0.481 e. The van der Waals surface area contributed by atoms with E-state index in [0.29, 0.717) is 5.88 Å². The van der Waals surface area contributed by atoms with Crippen molar-refractivity contribution in [2.75, 3.05) is 5.75 Å². The third-order valence-corrected chi connectivity index (χ3v) is 4.87. The van der Waals surface area contributed by atoms with Crippen LogP contribution in [0.1, 0.15) is 16.8 Å². The molecule has 0 saturated heterocycles. The van der Waals surface area contributed by atoms with Gasteiger partial charge in [0.05, 0.1) is 11.6 Å². The lowest BCUT2D eigenvalue weighted by atomic mass is 10.3. The summed E-state index contributed by atoms with van der Waals surface area (Å²) in [5.41, 5.74) is 0.930. The molecule has 0 bridgehead atoms. The summed E-state index contributed by atoms with van der Waals surface area (Å²) >= 11 is 9.20. The minimum atomic E-state index is 0.0527. The maximum Gasteiger partial charge on any atom is 0.159 e. The summed E-state index contributed by atoms with van der Waals surface area (Å²) in [6.45, 7) is 0. The number of para-hydroxylation sites is 1. The second-order valence-electron chi connectivity index (χ2n) is 3.67. The molecule has 17 heavy (non-hydrogen) atoms. The Morgan fingerprint density at radius 2 is 2.29 bits per heavy atom. The van der Waals surface area contributed by atoms with Gasteiger partial charge in [-0.1, -0.05) is 12.1 Å². The molecule has 0 aliphatic carbocycles. The van der Waals surface area contributed by atoms with Gasteiger partial charge >= 0.3 is 0 Å². The molecule has 0 radical (unpaired) electrons. The van der Waals surface area contributed by atoms with Crippen LogP contribution in [0.5, 0.6) is 5.75 Å². The highest BCUT2D eigenvalue weighted by Gasteiger charge is 2.23. The molecule has 88 valence electrons. The molecule has 5 heteroatoms. The molecule has 1 atom stereocenters. The van der Waals surface area contributed by atoms with E-state index >= 15 is 0 Å². The molecule has 3 rings (SSSR count). The van der Waals surface area contributed by atoms with Crippen molar-refractivity contribution in [3.8, 4) is 5.75 Å². The Labute approximate surface area is 113 Å². The molecule has 2 nitrogen and oxygen atoms in total. The van der Waals surface area contributed by atoms with Gasteiger partial charge in [0.25, 0.3) is 0 Å². The quantitative estimate of drug-likeness (QED) is 0.775. The first-order valence-electron chi connectivity index (χ1n) is 5.25. The molecule has 2 heterocycles. The van der Waals surface area contributed by atoms with Crippen LogP contribution >= 0.6 is 34.7 Å². The van der Waals surface area contributed by atoms with Gasteiger partial charge in [0.15, 0.2) is 6.10 Å². The highest BCUT2D eigenvalue weighted by atomic mass is 35.5. The second-order valence-corrected chi connectivity index (χ2v) is 5.89. The van der Waals surface area contributed by atoms with Crippen LogP contribution in [0.25, 0.3) is 0 Å². The fraction of sp³-hybridized carbons (Fsp3) is 0.250. The van der Waals surface area contributed by atoms with Crippen molar-refractivity contribution >= 4 is 34.7 Å². The standard InChI is InChI=1S/C12H10ClNOS2/c13-5-8-6-17-12(14-8)10-7-16-11-4-2-1-3-9(11)15-10/h1-4,6,10H,5,7H2. The number of thiazole rings is 1. The average Bonchev–Trinajstić information content (AvgIpc) is 2.87. The summed E-state index contributed by atoms with van der Waals surface area (Å²) < 4.78 is 5.96. The lowest BCUT2D eigenvalue weighted by Crippen LogP contribution is -2.14. The fourth-order valence-corrected chi connectivity index (χ4v) is 3.84. The van der Waals surface area contributed by atoms with Crippen LogP contribution < -0.4 is 4.74 Å². The molecule has 0 amide bonds. The van der Waals surface area contributed by atoms with Gasteiger partial charge in [0.1, 0.15) is 10.8 Å². The Hall–Kier alpha value is -0.710. The Morgan fingerprint density at radius 1 is 1.41 bits per heavy atom. The number of halogens is 1. The van der Waals surface area contributed by atoms with E-state index in [9.17, 15) is 0 Å². The molecule has 0 N–H and O–H groups in total. The van der Waals surface area contributed by atoms with Gasteiger partial charge in [-0.15, -0.1) is 34.7 Å². The number of hydrogen-bond donors (Lipinski definition) is 0. The zero-order valence-electron chi connectivity index (χ0n) is 8.93. The number of fused-ring (bicyclic) bond motifs is 1. The lowest BCUT2D eigenvalue weighted by Gasteiger charge is -2.23. The fourth-order valence-electron chi connectivity index (χ4n) is 1.67. The smallest absolute Gasteiger partial charge is 0.159 e. The first kappa shape index (κ1) is 11.4. The topological polar surface area (TPSA) is 22.1 Å². The maximum atomic E-state index is 5.96. The summed E-state index contributed by atoms with van der Waals surface area (Å²) in [4.78, 5) is 5.68. The molecule has 0 fully saturated rings. The summed E-state index contributed by atoms with van der Waals surface area (Å²) in [5, 5.41) is 3.01. The summed E-state index contributed by atoms with van der Waals surface area (Å²) in [7, 11) is 0. The Morgan fingerprint density at radius 3 is 3.12 bits per heavy atom. The number of hydrogen-bond acceptors (Lipinski definition) is 4. The van der Waals surface area contributed by atoms with E-state index in [1.165, 1.54) is 4.90 Å². The van der Waals surface area contributed by atoms with Gasteiger partial charge < -0.3 is 4.74 Å². The van der Waals surface area contributed by atoms with E-state index in [0.717, 1.165) is 22.2 Å². The zero-order valence-corrected chi connectivity index (χ0v) is 11.3. The van der Waals surface area contributed by atoms with Crippen molar-refractivity contribution < 1.29 is 4.74 Å². The van der Waals surface area contributed by atoms with Crippen LogP contribution in [0.15, 0.2) is 34.5 Å². The number of alkyl halides is 1. The van der Waals surface area contributed by atoms with Crippen molar-refractivity contribution in [2.45, 2.75) is 16.9 Å². The number of ether oxygens (including phenoxy) is 1. The van der Waals surface area contributed by atoms with Gasteiger partial charge in [-0.3, -0.25) is 0 Å². The van der Waals surface area contributed by atoms with Crippen molar-refractivity contribution in [2.24, 2.45) is 0 Å². The molecule has 1 unspecified atom stereocenters. The maximum absolute atomic E-state index is 5.96. The van der Waals surface area contributed by atoms with E-state index in [4.69, 9.17) is 16.3 Å². The first-order chi connectivity index (χ1) is 8.36. The Kier molecular flexibility index (Phi) is 3.27. The van der Waals surface area contributed by atoms with Crippen LogP contribution in [-0.2, 0) is 5.88 Å². The Balaban J connectivity index is 1.84. The zero-order chi connectivity index (χ0) is 11.7. The molecule has 1 aliphatic heterocycles. The molecule has 0 spiro atoms. The molecular formula is C12H10ClNOS2. The predicted molar refractivity (Wildman–Crippen MR) is 72.2 cm³/mol. The van der Waals surface area contributed by atoms with Crippen LogP contribution in [0.4, 0.5) is 0 Å². The number of rotatable bonds is 2. The molecule has 1 aromatic heterocycles. The largest absolute Gasteiger partial charge is 0.481 e. The summed E-state index contributed by atoms with van der Waals surface area (Å²) in [5.74, 6) is 2.33. The van der Waals surface area contributed by atoms with Crippen LogP contribution in [0, 0.1) is 0 Å². The Bertz CT molecular complexity index is 529. The first-order valence-corrected chi connectivity index (χ1v) is 7.65. The van der Waals surface area contributed by atoms with Crippen molar-refractivity contribution in [1.82, 2.24) is 4.98 Å². The SMILES string of the molecule is ClCc1csc(C2CSc3ccccc3O2)n1. The number of thioether (sulfide) groups is 1. The number of aromatic nitrogens is 1. The molecule has 2 aromatic rings. The van der Waals surface area contributed by atoms with E-state index in [1.54, 1.807) is 11.3 Å². The lowest BCUT2D eigenvalue weighted by molar-refractivity contribution is 0.220. The van der Waals surface area contributed by atoms with Crippen LogP contribution in [0.2, 0.25) is 0 Å². The van der Waals surface area contributed by atoms with Gasteiger partial charge in [0.2, 0.25) is 0 Å². The minimum absolute atomic E-state index is 0.0527. The van der Waals surface area contributed by atoms with Crippen LogP contribution in [0.3, 0.4) is 0 Å². The van der Waals surface area contributed by atoms with Crippen molar-refractivity contribution in [3.05, 3.63) is 40.3 Å². The number of nitrogens with zero attached hydrogens (tertiary/aromatic N) is 1. The molecule has 0 saturated carbocycles. The monoisotopic (exact) mass is 283 g/mol. The average molecular weight is 284 g/mol. The van der Waals surface area contributed by atoms with Gasteiger partial charge in [0, 0.05) is 16.0 Å². The summed E-state index contributed by atoms with van der Waals surface area (Å²) in [6.07, 6.45) is 0.0527.